The molecule has 0 heterocycles. The molecule has 0 radical (unpaired) electrons. The van der Waals surface area contributed by atoms with Gasteiger partial charge in [0.1, 0.15) is 12.2 Å². The van der Waals surface area contributed by atoms with Crippen molar-refractivity contribution in [2.24, 2.45) is 5.92 Å². The third kappa shape index (κ3) is 5.83. The van der Waals surface area contributed by atoms with Crippen molar-refractivity contribution in [2.45, 2.75) is 32.1 Å². The van der Waals surface area contributed by atoms with Crippen molar-refractivity contribution >= 4 is 29.2 Å². The smallest absolute Gasteiger partial charge is 0.325 e. The Hall–Kier alpha value is -2.97. The number of nitrogens with zero attached hydrogens (tertiary/aromatic N) is 1. The highest BCUT2D eigenvalue weighted by Gasteiger charge is 2.21. The van der Waals surface area contributed by atoms with E-state index in [2.05, 4.69) is 10.6 Å². The van der Waals surface area contributed by atoms with E-state index in [1.165, 1.54) is 24.3 Å². The number of esters is 1. The monoisotopic (exact) mass is 363 g/mol. The quantitative estimate of drug-likeness (QED) is 0.432. The first-order valence-electron chi connectivity index (χ1n) is 8.44. The molecular weight excluding hydrogens is 342 g/mol. The predicted molar refractivity (Wildman–Crippen MR) is 92.3 cm³/mol. The lowest BCUT2D eigenvalue weighted by atomic mass is 9.89. The van der Waals surface area contributed by atoms with Gasteiger partial charge in [0.15, 0.2) is 6.61 Å². The van der Waals surface area contributed by atoms with Crippen molar-refractivity contribution in [1.82, 2.24) is 5.32 Å². The van der Waals surface area contributed by atoms with E-state index in [1.807, 2.05) is 0 Å². The number of amides is 2. The van der Waals surface area contributed by atoms with Crippen LogP contribution in [-0.4, -0.2) is 35.9 Å². The van der Waals surface area contributed by atoms with Gasteiger partial charge in [-0.2, -0.15) is 0 Å². The van der Waals surface area contributed by atoms with Gasteiger partial charge in [-0.1, -0.05) is 31.4 Å². The molecule has 0 aromatic heterocycles. The van der Waals surface area contributed by atoms with Crippen LogP contribution in [0.2, 0.25) is 0 Å². The molecule has 1 aromatic carbocycles. The lowest BCUT2D eigenvalue weighted by molar-refractivity contribution is -0.383. The van der Waals surface area contributed by atoms with Crippen LogP contribution in [0.4, 0.5) is 11.4 Å². The summed E-state index contributed by atoms with van der Waals surface area (Å²) in [5.74, 6) is -1.69. The Bertz CT molecular complexity index is 685. The Morgan fingerprint density at radius 1 is 1.15 bits per heavy atom. The zero-order valence-corrected chi connectivity index (χ0v) is 14.2. The fourth-order valence-corrected chi connectivity index (χ4v) is 2.79. The van der Waals surface area contributed by atoms with Crippen molar-refractivity contribution < 1.29 is 24.0 Å². The Balaban J connectivity index is 1.72. The summed E-state index contributed by atoms with van der Waals surface area (Å²) in [5, 5.41) is 15.7. The molecule has 0 aliphatic heterocycles. The first kappa shape index (κ1) is 19.4. The third-order valence-corrected chi connectivity index (χ3v) is 4.12. The van der Waals surface area contributed by atoms with Crippen molar-refractivity contribution in [1.29, 1.82) is 0 Å². The van der Waals surface area contributed by atoms with Crippen LogP contribution in [0.25, 0.3) is 0 Å². The van der Waals surface area contributed by atoms with E-state index in [9.17, 15) is 24.5 Å². The molecule has 0 unspecified atom stereocenters. The average molecular weight is 363 g/mol. The maximum Gasteiger partial charge on any atom is 0.325 e. The molecule has 1 saturated carbocycles. The number of hydrogen-bond acceptors (Lipinski definition) is 6. The van der Waals surface area contributed by atoms with Crippen LogP contribution in [0.15, 0.2) is 24.3 Å². The van der Waals surface area contributed by atoms with Gasteiger partial charge >= 0.3 is 5.97 Å². The molecule has 0 bridgehead atoms. The van der Waals surface area contributed by atoms with Crippen LogP contribution in [-0.2, 0) is 19.1 Å². The molecule has 0 atom stereocenters. The molecule has 1 fully saturated rings. The standard InChI is InChI=1S/C17H21N3O6/c21-15(19-13-8-4-5-9-14(13)20(24)25)11-26-16(22)10-18-17(23)12-6-2-1-3-7-12/h4-5,8-9,12H,1-3,6-7,10-11H2,(H,18,23)(H,19,21). The summed E-state index contributed by atoms with van der Waals surface area (Å²) in [6.45, 7) is -0.904. The van der Waals surface area contributed by atoms with E-state index in [0.717, 1.165) is 32.1 Å². The first-order valence-corrected chi connectivity index (χ1v) is 8.44. The summed E-state index contributed by atoms with van der Waals surface area (Å²) in [6, 6.07) is 5.64. The summed E-state index contributed by atoms with van der Waals surface area (Å²) in [7, 11) is 0. The van der Waals surface area contributed by atoms with Crippen LogP contribution in [0.5, 0.6) is 0 Å². The Morgan fingerprint density at radius 2 is 1.85 bits per heavy atom. The lowest BCUT2D eigenvalue weighted by Gasteiger charge is -2.20. The number of carbonyl (C=O) groups is 3. The van der Waals surface area contributed by atoms with Crippen molar-refractivity contribution in [3.05, 3.63) is 34.4 Å². The highest BCUT2D eigenvalue weighted by atomic mass is 16.6. The first-order chi connectivity index (χ1) is 12.5. The van der Waals surface area contributed by atoms with Crippen molar-refractivity contribution in [3.63, 3.8) is 0 Å². The molecule has 9 heteroatoms. The summed E-state index contributed by atoms with van der Waals surface area (Å²) >= 11 is 0. The topological polar surface area (TPSA) is 128 Å². The third-order valence-electron chi connectivity index (χ3n) is 4.12. The number of hydrogen-bond donors (Lipinski definition) is 2. The van der Waals surface area contributed by atoms with Crippen molar-refractivity contribution in [3.8, 4) is 0 Å². The number of nitro benzene ring substituents is 1. The number of rotatable bonds is 7. The maximum absolute atomic E-state index is 11.9. The molecule has 0 saturated heterocycles. The van der Waals surface area contributed by atoms with E-state index in [0.29, 0.717) is 0 Å². The number of benzene rings is 1. The van der Waals surface area contributed by atoms with Gasteiger partial charge < -0.3 is 15.4 Å². The van der Waals surface area contributed by atoms with Gasteiger partial charge in [0.05, 0.1) is 4.92 Å². The highest BCUT2D eigenvalue weighted by molar-refractivity contribution is 5.95. The zero-order valence-electron chi connectivity index (χ0n) is 14.2. The van der Waals surface area contributed by atoms with Crippen LogP contribution in [0.1, 0.15) is 32.1 Å². The summed E-state index contributed by atoms with van der Waals surface area (Å²) in [6.07, 6.45) is 4.78. The number of para-hydroxylation sites is 2. The van der Waals surface area contributed by atoms with E-state index >= 15 is 0 Å². The van der Waals surface area contributed by atoms with E-state index < -0.39 is 23.4 Å². The number of nitrogens with one attached hydrogen (secondary N) is 2. The second kappa shape index (κ2) is 9.50. The van der Waals surface area contributed by atoms with E-state index in [1.54, 1.807) is 0 Å². The van der Waals surface area contributed by atoms with Gasteiger partial charge in [-0.05, 0) is 18.9 Å². The molecule has 2 rings (SSSR count). The average Bonchev–Trinajstić information content (AvgIpc) is 2.65. The van der Waals surface area contributed by atoms with Gasteiger partial charge in [-0.3, -0.25) is 24.5 Å². The molecular formula is C17H21N3O6. The molecule has 2 N–H and O–H groups in total. The summed E-state index contributed by atoms with van der Waals surface area (Å²) in [5.41, 5.74) is -0.240. The van der Waals surface area contributed by atoms with Crippen LogP contribution >= 0.6 is 0 Å². The van der Waals surface area contributed by atoms with Crippen LogP contribution in [0, 0.1) is 16.0 Å². The Morgan fingerprint density at radius 3 is 2.54 bits per heavy atom. The molecule has 2 amide bonds. The minimum atomic E-state index is -0.744. The van der Waals surface area contributed by atoms with Gasteiger partial charge in [0.25, 0.3) is 11.6 Å². The molecule has 26 heavy (non-hydrogen) atoms. The number of ether oxygens (including phenoxy) is 1. The minimum Gasteiger partial charge on any atom is -0.454 e. The van der Waals surface area contributed by atoms with Gasteiger partial charge in [-0.25, -0.2) is 0 Å². The minimum absolute atomic E-state index is 0.0177. The molecule has 1 aliphatic carbocycles. The molecule has 0 spiro atoms. The second-order valence-corrected chi connectivity index (χ2v) is 6.04. The fraction of sp³-hybridized carbons (Fsp3) is 0.471. The van der Waals surface area contributed by atoms with Gasteiger partial charge in [-0.15, -0.1) is 0 Å². The molecule has 9 nitrogen and oxygen atoms in total. The Kier molecular flexibility index (Phi) is 7.07. The number of carbonyl (C=O) groups excluding carboxylic acids is 3. The van der Waals surface area contributed by atoms with E-state index in [4.69, 9.17) is 4.74 Å². The molecule has 1 aromatic rings. The van der Waals surface area contributed by atoms with Gasteiger partial charge in [0.2, 0.25) is 5.91 Å². The van der Waals surface area contributed by atoms with Crippen LogP contribution < -0.4 is 10.6 Å². The fourth-order valence-electron chi connectivity index (χ4n) is 2.79. The van der Waals surface area contributed by atoms with Gasteiger partial charge in [0, 0.05) is 12.0 Å². The lowest BCUT2D eigenvalue weighted by Crippen LogP contribution is -2.36. The van der Waals surface area contributed by atoms with Crippen molar-refractivity contribution in [2.75, 3.05) is 18.5 Å². The normalized spacial score (nSPS) is 14.3. The number of nitro groups is 1. The maximum atomic E-state index is 11.9. The Labute approximate surface area is 150 Å². The zero-order chi connectivity index (χ0) is 18.9. The molecule has 140 valence electrons. The predicted octanol–water partition coefficient (Wildman–Crippen LogP) is 1.77. The molecule has 1 aliphatic rings. The van der Waals surface area contributed by atoms with Crippen LogP contribution in [0.3, 0.4) is 0 Å². The largest absolute Gasteiger partial charge is 0.454 e. The number of anilines is 1. The SMILES string of the molecule is O=C(COC(=O)CNC(=O)C1CCCCC1)Nc1ccccc1[N+](=O)[O-]. The second-order valence-electron chi connectivity index (χ2n) is 6.04. The summed E-state index contributed by atoms with van der Waals surface area (Å²) in [4.78, 5) is 45.6. The summed E-state index contributed by atoms with van der Waals surface area (Å²) < 4.78 is 4.78. The van der Waals surface area contributed by atoms with E-state index in [-0.39, 0.29) is 29.7 Å². The highest BCUT2D eigenvalue weighted by Crippen LogP contribution is 2.24.